The Morgan fingerprint density at radius 2 is 1.67 bits per heavy atom. The summed E-state index contributed by atoms with van der Waals surface area (Å²) in [6.45, 7) is 0.422. The molecule has 0 bridgehead atoms. The van der Waals surface area contributed by atoms with Crippen molar-refractivity contribution in [2.24, 2.45) is 5.84 Å². The van der Waals surface area contributed by atoms with Crippen molar-refractivity contribution in [3.8, 4) is 0 Å². The second kappa shape index (κ2) is 5.29. The van der Waals surface area contributed by atoms with E-state index >= 15 is 0 Å². The van der Waals surface area contributed by atoms with Crippen LogP contribution in [0.5, 0.6) is 0 Å². The van der Waals surface area contributed by atoms with E-state index < -0.39 is 4.92 Å². The first kappa shape index (κ1) is 12.1. The van der Waals surface area contributed by atoms with Crippen molar-refractivity contribution in [1.82, 2.24) is 0 Å². The summed E-state index contributed by atoms with van der Waals surface area (Å²) in [5, 5.41) is 12.3. The largest absolute Gasteiger partial charge is 0.300 e. The first-order valence-corrected chi connectivity index (χ1v) is 5.48. The maximum Gasteiger partial charge on any atom is 0.293 e. The van der Waals surface area contributed by atoms with Crippen LogP contribution in [0.25, 0.3) is 0 Å². The number of para-hydroxylation sites is 2. The third-order valence-electron chi connectivity index (χ3n) is 2.58. The standard InChI is InChI=1S/C13H13N3O2/c14-15(10-11-6-2-1-3-7-11)12-8-4-5-9-13(12)16(17)18/h1-9H,10,14H2. The van der Waals surface area contributed by atoms with E-state index in [1.54, 1.807) is 18.2 Å². The van der Waals surface area contributed by atoms with Crippen molar-refractivity contribution in [1.29, 1.82) is 0 Å². The normalized spacial score (nSPS) is 10.1. The van der Waals surface area contributed by atoms with E-state index in [4.69, 9.17) is 5.84 Å². The Morgan fingerprint density at radius 3 is 2.33 bits per heavy atom. The van der Waals surface area contributed by atoms with Crippen molar-refractivity contribution >= 4 is 11.4 Å². The van der Waals surface area contributed by atoms with Crippen LogP contribution in [0.2, 0.25) is 0 Å². The molecule has 5 heteroatoms. The summed E-state index contributed by atoms with van der Waals surface area (Å²) in [6.07, 6.45) is 0. The highest BCUT2D eigenvalue weighted by Gasteiger charge is 2.16. The summed E-state index contributed by atoms with van der Waals surface area (Å²) >= 11 is 0. The van der Waals surface area contributed by atoms with E-state index in [1.165, 1.54) is 11.1 Å². The molecule has 92 valence electrons. The molecule has 0 aromatic heterocycles. The van der Waals surface area contributed by atoms with Gasteiger partial charge in [0.15, 0.2) is 0 Å². The zero-order chi connectivity index (χ0) is 13.0. The van der Waals surface area contributed by atoms with Crippen molar-refractivity contribution in [3.05, 3.63) is 70.3 Å². The van der Waals surface area contributed by atoms with Crippen molar-refractivity contribution in [2.45, 2.75) is 6.54 Å². The monoisotopic (exact) mass is 243 g/mol. The second-order valence-corrected chi connectivity index (χ2v) is 3.86. The first-order chi connectivity index (χ1) is 8.68. The minimum Gasteiger partial charge on any atom is -0.300 e. The fraction of sp³-hybridized carbons (Fsp3) is 0.0769. The lowest BCUT2D eigenvalue weighted by molar-refractivity contribution is -0.384. The minimum atomic E-state index is -0.430. The molecule has 0 saturated heterocycles. The van der Waals surface area contributed by atoms with E-state index in [0.717, 1.165) is 5.56 Å². The average molecular weight is 243 g/mol. The van der Waals surface area contributed by atoms with Gasteiger partial charge < -0.3 is 5.01 Å². The maximum absolute atomic E-state index is 10.9. The minimum absolute atomic E-state index is 0.0101. The number of hydrogen-bond donors (Lipinski definition) is 1. The Labute approximate surface area is 105 Å². The van der Waals surface area contributed by atoms with E-state index in [-0.39, 0.29) is 5.69 Å². The van der Waals surface area contributed by atoms with Crippen LogP contribution in [0.4, 0.5) is 11.4 Å². The number of hydrazine groups is 1. The highest BCUT2D eigenvalue weighted by molar-refractivity contribution is 5.62. The number of nitro benzene ring substituents is 1. The van der Waals surface area contributed by atoms with Gasteiger partial charge in [-0.2, -0.15) is 0 Å². The van der Waals surface area contributed by atoms with Gasteiger partial charge in [-0.05, 0) is 11.6 Å². The van der Waals surface area contributed by atoms with E-state index in [1.807, 2.05) is 30.3 Å². The van der Waals surface area contributed by atoms with Crippen LogP contribution >= 0.6 is 0 Å². The lowest BCUT2D eigenvalue weighted by Gasteiger charge is -2.18. The molecule has 0 spiro atoms. The Morgan fingerprint density at radius 1 is 1.06 bits per heavy atom. The molecule has 0 atom stereocenters. The molecular formula is C13H13N3O2. The molecular weight excluding hydrogens is 230 g/mol. The summed E-state index contributed by atoms with van der Waals surface area (Å²) in [6, 6.07) is 16.0. The fourth-order valence-corrected chi connectivity index (χ4v) is 1.73. The van der Waals surface area contributed by atoms with Crippen molar-refractivity contribution in [3.63, 3.8) is 0 Å². The third-order valence-corrected chi connectivity index (χ3v) is 2.58. The van der Waals surface area contributed by atoms with E-state index in [0.29, 0.717) is 12.2 Å². The van der Waals surface area contributed by atoms with Gasteiger partial charge in [0.2, 0.25) is 0 Å². The van der Waals surface area contributed by atoms with Crippen LogP contribution in [0.1, 0.15) is 5.56 Å². The molecule has 5 nitrogen and oxygen atoms in total. The molecule has 0 aliphatic heterocycles. The van der Waals surface area contributed by atoms with Gasteiger partial charge in [-0.15, -0.1) is 0 Å². The zero-order valence-electron chi connectivity index (χ0n) is 9.69. The molecule has 0 saturated carbocycles. The number of nitrogens with zero attached hydrogens (tertiary/aromatic N) is 2. The molecule has 0 radical (unpaired) electrons. The Kier molecular flexibility index (Phi) is 3.54. The molecule has 18 heavy (non-hydrogen) atoms. The number of anilines is 1. The van der Waals surface area contributed by atoms with Crippen LogP contribution in [0.3, 0.4) is 0 Å². The zero-order valence-corrected chi connectivity index (χ0v) is 9.69. The van der Waals surface area contributed by atoms with Gasteiger partial charge in [-0.25, -0.2) is 5.84 Å². The lowest BCUT2D eigenvalue weighted by atomic mass is 10.2. The quantitative estimate of drug-likeness (QED) is 0.508. The van der Waals surface area contributed by atoms with Crippen LogP contribution in [-0.2, 0) is 6.54 Å². The third kappa shape index (κ3) is 2.64. The highest BCUT2D eigenvalue weighted by Crippen LogP contribution is 2.26. The van der Waals surface area contributed by atoms with Gasteiger partial charge in [-0.3, -0.25) is 10.1 Å². The number of rotatable bonds is 4. The molecule has 0 unspecified atom stereocenters. The Hall–Kier alpha value is -2.40. The van der Waals surface area contributed by atoms with Gasteiger partial charge in [-0.1, -0.05) is 42.5 Å². The van der Waals surface area contributed by atoms with Crippen molar-refractivity contribution < 1.29 is 4.92 Å². The number of nitro groups is 1. The molecule has 0 aliphatic carbocycles. The van der Waals surface area contributed by atoms with Crippen LogP contribution in [-0.4, -0.2) is 4.92 Å². The van der Waals surface area contributed by atoms with Crippen LogP contribution in [0, 0.1) is 10.1 Å². The average Bonchev–Trinajstić information content (AvgIpc) is 2.40. The first-order valence-electron chi connectivity index (χ1n) is 5.48. The molecule has 2 aromatic rings. The van der Waals surface area contributed by atoms with Crippen molar-refractivity contribution in [2.75, 3.05) is 5.01 Å². The van der Waals surface area contributed by atoms with E-state index in [2.05, 4.69) is 0 Å². The molecule has 2 aromatic carbocycles. The molecule has 0 aliphatic rings. The smallest absolute Gasteiger partial charge is 0.293 e. The van der Waals surface area contributed by atoms with Gasteiger partial charge in [0.25, 0.3) is 5.69 Å². The Bertz CT molecular complexity index is 543. The summed E-state index contributed by atoms with van der Waals surface area (Å²) in [4.78, 5) is 10.5. The van der Waals surface area contributed by atoms with E-state index in [9.17, 15) is 10.1 Å². The van der Waals surface area contributed by atoms with Gasteiger partial charge in [0.1, 0.15) is 5.69 Å². The maximum atomic E-state index is 10.9. The summed E-state index contributed by atoms with van der Waals surface area (Å²) in [7, 11) is 0. The second-order valence-electron chi connectivity index (χ2n) is 3.86. The molecule has 2 rings (SSSR count). The van der Waals surface area contributed by atoms with Gasteiger partial charge in [0.05, 0.1) is 11.5 Å². The SMILES string of the molecule is NN(Cc1ccccc1)c1ccccc1[N+](=O)[O-]. The predicted molar refractivity (Wildman–Crippen MR) is 69.9 cm³/mol. The topological polar surface area (TPSA) is 72.4 Å². The fourth-order valence-electron chi connectivity index (χ4n) is 1.73. The highest BCUT2D eigenvalue weighted by atomic mass is 16.6. The number of hydrogen-bond acceptors (Lipinski definition) is 4. The molecule has 2 N–H and O–H groups in total. The van der Waals surface area contributed by atoms with Crippen LogP contribution in [0.15, 0.2) is 54.6 Å². The summed E-state index contributed by atoms with van der Waals surface area (Å²) in [5.41, 5.74) is 1.42. The van der Waals surface area contributed by atoms with Crippen LogP contribution < -0.4 is 10.9 Å². The van der Waals surface area contributed by atoms with Gasteiger partial charge >= 0.3 is 0 Å². The Balaban J connectivity index is 2.24. The molecule has 0 fully saturated rings. The lowest BCUT2D eigenvalue weighted by Crippen LogP contribution is -2.30. The number of benzene rings is 2. The van der Waals surface area contributed by atoms with Gasteiger partial charge in [0, 0.05) is 6.07 Å². The predicted octanol–water partition coefficient (Wildman–Crippen LogP) is 2.48. The molecule has 0 heterocycles. The summed E-state index contributed by atoms with van der Waals surface area (Å²) in [5.74, 6) is 5.89. The summed E-state index contributed by atoms with van der Waals surface area (Å²) < 4.78 is 0. The number of nitrogens with two attached hydrogens (primary N) is 1. The molecule has 0 amide bonds.